The molecule has 1 atom stereocenters. The molecule has 0 aromatic heterocycles. The van der Waals surface area contributed by atoms with Crippen molar-refractivity contribution in [1.29, 1.82) is 0 Å². The zero-order valence-corrected chi connectivity index (χ0v) is 12.5. The van der Waals surface area contributed by atoms with Crippen molar-refractivity contribution in [3.8, 4) is 0 Å². The summed E-state index contributed by atoms with van der Waals surface area (Å²) in [7, 11) is 0. The zero-order valence-electron chi connectivity index (χ0n) is 12.5. The van der Waals surface area contributed by atoms with Gasteiger partial charge in [-0.3, -0.25) is 9.59 Å². The van der Waals surface area contributed by atoms with Gasteiger partial charge in [0.25, 0.3) is 0 Å². The van der Waals surface area contributed by atoms with Gasteiger partial charge in [0.05, 0.1) is 11.5 Å². The molecule has 1 heterocycles. The topological polar surface area (TPSA) is 78.4 Å². The second kappa shape index (κ2) is 6.26. The standard InChI is InChI=1S/C16H22N2O3/c1-16(2,15(20)21)11-6-8-12(9-7-11)18-14(19)13-5-3-4-10-17-13/h6-9,13,17H,3-5,10H2,1-2H3,(H,18,19)(H,20,21)/t13-/m1/s1. The van der Waals surface area contributed by atoms with Gasteiger partial charge in [-0.25, -0.2) is 0 Å². The minimum absolute atomic E-state index is 0.0278. The Morgan fingerprint density at radius 1 is 1.24 bits per heavy atom. The second-order valence-electron chi connectivity index (χ2n) is 6.00. The number of nitrogens with one attached hydrogen (secondary N) is 2. The third-order valence-electron chi connectivity index (χ3n) is 4.04. The number of carbonyl (C=O) groups excluding carboxylic acids is 1. The van der Waals surface area contributed by atoms with Gasteiger partial charge in [-0.05, 0) is 50.9 Å². The van der Waals surface area contributed by atoms with Crippen molar-refractivity contribution in [2.24, 2.45) is 0 Å². The lowest BCUT2D eigenvalue weighted by molar-refractivity contribution is -0.142. The molecule has 5 nitrogen and oxygen atoms in total. The number of anilines is 1. The van der Waals surface area contributed by atoms with E-state index in [1.165, 1.54) is 0 Å². The Kier molecular flexibility index (Phi) is 4.63. The molecular weight excluding hydrogens is 268 g/mol. The number of piperidine rings is 1. The summed E-state index contributed by atoms with van der Waals surface area (Å²) in [5.74, 6) is -0.898. The van der Waals surface area contributed by atoms with Crippen molar-refractivity contribution >= 4 is 17.6 Å². The summed E-state index contributed by atoms with van der Waals surface area (Å²) in [6.07, 6.45) is 3.04. The van der Waals surface area contributed by atoms with E-state index in [0.29, 0.717) is 11.3 Å². The summed E-state index contributed by atoms with van der Waals surface area (Å²) in [4.78, 5) is 23.3. The number of rotatable bonds is 4. The van der Waals surface area contributed by atoms with E-state index in [9.17, 15) is 14.7 Å². The van der Waals surface area contributed by atoms with Crippen LogP contribution >= 0.6 is 0 Å². The third kappa shape index (κ3) is 3.61. The van der Waals surface area contributed by atoms with Crippen LogP contribution < -0.4 is 10.6 Å². The van der Waals surface area contributed by atoms with Crippen LogP contribution in [-0.2, 0) is 15.0 Å². The molecule has 0 radical (unpaired) electrons. The number of carboxylic acid groups (broad SMARTS) is 1. The molecule has 0 aliphatic carbocycles. The summed E-state index contributed by atoms with van der Waals surface area (Å²) in [5.41, 5.74) is 0.467. The predicted octanol–water partition coefficient (Wildman–Crippen LogP) is 2.13. The molecule has 1 saturated heterocycles. The lowest BCUT2D eigenvalue weighted by atomic mass is 9.85. The summed E-state index contributed by atoms with van der Waals surface area (Å²) >= 11 is 0. The lowest BCUT2D eigenvalue weighted by Crippen LogP contribution is -2.43. The van der Waals surface area contributed by atoms with E-state index < -0.39 is 11.4 Å². The molecule has 2 rings (SSSR count). The maximum Gasteiger partial charge on any atom is 0.313 e. The molecule has 114 valence electrons. The molecule has 1 aliphatic rings. The maximum absolute atomic E-state index is 12.1. The minimum atomic E-state index is -0.937. The smallest absolute Gasteiger partial charge is 0.313 e. The Morgan fingerprint density at radius 3 is 2.43 bits per heavy atom. The normalized spacial score (nSPS) is 19.0. The fourth-order valence-electron chi connectivity index (χ4n) is 2.40. The number of amides is 1. The van der Waals surface area contributed by atoms with Crippen LogP contribution in [0.4, 0.5) is 5.69 Å². The number of carbonyl (C=O) groups is 2. The van der Waals surface area contributed by atoms with E-state index in [4.69, 9.17) is 0 Å². The van der Waals surface area contributed by atoms with Crippen LogP contribution in [0.3, 0.4) is 0 Å². The van der Waals surface area contributed by atoms with E-state index in [0.717, 1.165) is 25.8 Å². The first kappa shape index (κ1) is 15.5. The number of hydrogen-bond donors (Lipinski definition) is 3. The van der Waals surface area contributed by atoms with Crippen LogP contribution in [0.15, 0.2) is 24.3 Å². The van der Waals surface area contributed by atoms with Crippen molar-refractivity contribution in [2.75, 3.05) is 11.9 Å². The van der Waals surface area contributed by atoms with Crippen LogP contribution in [0.5, 0.6) is 0 Å². The highest BCUT2D eigenvalue weighted by atomic mass is 16.4. The Labute approximate surface area is 124 Å². The average Bonchev–Trinajstić information content (AvgIpc) is 2.48. The van der Waals surface area contributed by atoms with Crippen molar-refractivity contribution < 1.29 is 14.7 Å². The largest absolute Gasteiger partial charge is 0.481 e. The molecule has 1 aliphatic heterocycles. The van der Waals surface area contributed by atoms with Gasteiger partial charge in [-0.2, -0.15) is 0 Å². The Balaban J connectivity index is 2.02. The monoisotopic (exact) mass is 290 g/mol. The number of benzene rings is 1. The van der Waals surface area contributed by atoms with Crippen molar-refractivity contribution in [1.82, 2.24) is 5.32 Å². The van der Waals surface area contributed by atoms with Gasteiger partial charge in [-0.1, -0.05) is 18.6 Å². The molecule has 1 fully saturated rings. The molecule has 0 spiro atoms. The fraction of sp³-hybridized carbons (Fsp3) is 0.500. The van der Waals surface area contributed by atoms with Crippen LogP contribution in [0.2, 0.25) is 0 Å². The summed E-state index contributed by atoms with van der Waals surface area (Å²) in [6.45, 7) is 4.20. The Bertz CT molecular complexity index is 517. The highest BCUT2D eigenvalue weighted by Gasteiger charge is 2.29. The predicted molar refractivity (Wildman–Crippen MR) is 81.4 cm³/mol. The summed E-state index contributed by atoms with van der Waals surface area (Å²) in [5, 5.41) is 15.3. The van der Waals surface area contributed by atoms with E-state index in [1.54, 1.807) is 38.1 Å². The van der Waals surface area contributed by atoms with E-state index in [1.807, 2.05) is 0 Å². The fourth-order valence-corrected chi connectivity index (χ4v) is 2.40. The summed E-state index contributed by atoms with van der Waals surface area (Å²) < 4.78 is 0. The van der Waals surface area contributed by atoms with Gasteiger partial charge in [0, 0.05) is 5.69 Å². The van der Waals surface area contributed by atoms with E-state index >= 15 is 0 Å². The minimum Gasteiger partial charge on any atom is -0.481 e. The second-order valence-corrected chi connectivity index (χ2v) is 6.00. The van der Waals surface area contributed by atoms with E-state index in [2.05, 4.69) is 10.6 Å². The van der Waals surface area contributed by atoms with Gasteiger partial charge < -0.3 is 15.7 Å². The first-order chi connectivity index (χ1) is 9.91. The van der Waals surface area contributed by atoms with Crippen molar-refractivity contribution in [3.05, 3.63) is 29.8 Å². The first-order valence-electron chi connectivity index (χ1n) is 7.29. The lowest BCUT2D eigenvalue weighted by Gasteiger charge is -2.23. The van der Waals surface area contributed by atoms with E-state index in [-0.39, 0.29) is 11.9 Å². The number of aliphatic carboxylic acids is 1. The average molecular weight is 290 g/mol. The molecule has 5 heteroatoms. The Hall–Kier alpha value is -1.88. The van der Waals surface area contributed by atoms with Crippen molar-refractivity contribution in [3.63, 3.8) is 0 Å². The van der Waals surface area contributed by atoms with Gasteiger partial charge >= 0.3 is 5.97 Å². The van der Waals surface area contributed by atoms with Crippen LogP contribution in [0.25, 0.3) is 0 Å². The molecule has 1 aromatic rings. The highest BCUT2D eigenvalue weighted by molar-refractivity contribution is 5.95. The quantitative estimate of drug-likeness (QED) is 0.794. The molecule has 0 unspecified atom stereocenters. The third-order valence-corrected chi connectivity index (χ3v) is 4.04. The molecule has 1 aromatic carbocycles. The highest BCUT2D eigenvalue weighted by Crippen LogP contribution is 2.25. The van der Waals surface area contributed by atoms with Crippen LogP contribution in [0.1, 0.15) is 38.7 Å². The number of hydrogen-bond acceptors (Lipinski definition) is 3. The SMILES string of the molecule is CC(C)(C(=O)O)c1ccc(NC(=O)[C@H]2CCCCN2)cc1. The maximum atomic E-state index is 12.1. The van der Waals surface area contributed by atoms with Gasteiger partial charge in [0.15, 0.2) is 0 Å². The molecule has 3 N–H and O–H groups in total. The van der Waals surface area contributed by atoms with Crippen molar-refractivity contribution in [2.45, 2.75) is 44.6 Å². The summed E-state index contributed by atoms with van der Waals surface area (Å²) in [6, 6.07) is 6.87. The zero-order chi connectivity index (χ0) is 15.5. The Morgan fingerprint density at radius 2 is 1.90 bits per heavy atom. The van der Waals surface area contributed by atoms with Crippen LogP contribution in [-0.4, -0.2) is 29.6 Å². The van der Waals surface area contributed by atoms with Gasteiger partial charge in [0.1, 0.15) is 0 Å². The number of carboxylic acids is 1. The van der Waals surface area contributed by atoms with Gasteiger partial charge in [-0.15, -0.1) is 0 Å². The van der Waals surface area contributed by atoms with Gasteiger partial charge in [0.2, 0.25) is 5.91 Å². The molecule has 0 bridgehead atoms. The molecule has 0 saturated carbocycles. The molecule has 1 amide bonds. The molecule has 21 heavy (non-hydrogen) atoms. The van der Waals surface area contributed by atoms with Crippen LogP contribution in [0, 0.1) is 0 Å². The first-order valence-corrected chi connectivity index (χ1v) is 7.29. The molecular formula is C16H22N2O3.